The van der Waals surface area contributed by atoms with E-state index in [0.29, 0.717) is 24.7 Å². The van der Waals surface area contributed by atoms with Crippen molar-refractivity contribution in [2.24, 2.45) is 22.4 Å². The van der Waals surface area contributed by atoms with E-state index in [1.165, 1.54) is 18.7 Å². The van der Waals surface area contributed by atoms with Gasteiger partial charge in [0.25, 0.3) is 5.78 Å². The van der Waals surface area contributed by atoms with Crippen LogP contribution in [0.2, 0.25) is 0 Å². The van der Waals surface area contributed by atoms with Crippen molar-refractivity contribution in [3.63, 3.8) is 0 Å². The average Bonchev–Trinajstić information content (AvgIpc) is 3.48. The highest BCUT2D eigenvalue weighted by molar-refractivity contribution is 5.96. The van der Waals surface area contributed by atoms with Crippen molar-refractivity contribution in [1.82, 2.24) is 29.4 Å². The van der Waals surface area contributed by atoms with E-state index in [1.54, 1.807) is 9.42 Å². The molecular weight excluding hydrogens is 727 g/mol. The first kappa shape index (κ1) is 49.4. The number of aryl methyl sites for hydroxylation is 2. The Bertz CT molecular complexity index is 1530. The zero-order valence-electron chi connectivity index (χ0n) is 34.4. The number of carbonyl (C=O) groups excluding carboxylic acids is 5. The van der Waals surface area contributed by atoms with Gasteiger partial charge in [-0.05, 0) is 114 Å². The predicted molar refractivity (Wildman–Crippen MR) is 207 cm³/mol. The molecule has 19 heteroatoms. The highest BCUT2D eigenvalue weighted by Crippen LogP contribution is 2.31. The number of likely N-dealkylation sites (tertiary alicyclic amines) is 2. The third kappa shape index (κ3) is 20.0. The van der Waals surface area contributed by atoms with Gasteiger partial charge in [0.05, 0.1) is 27.0 Å². The van der Waals surface area contributed by atoms with Gasteiger partial charge in [0.2, 0.25) is 5.96 Å². The summed E-state index contributed by atoms with van der Waals surface area (Å²) in [6.07, 6.45) is 5.81. The Kier molecular flexibility index (Phi) is 22.6. The van der Waals surface area contributed by atoms with Gasteiger partial charge in [-0.2, -0.15) is 4.98 Å². The van der Waals surface area contributed by atoms with Crippen LogP contribution in [0.1, 0.15) is 125 Å². The fourth-order valence-corrected chi connectivity index (χ4v) is 5.06. The molecule has 2 fully saturated rings. The van der Waals surface area contributed by atoms with Crippen LogP contribution in [0.15, 0.2) is 11.2 Å². The molecule has 4 rings (SSSR count). The van der Waals surface area contributed by atoms with Crippen molar-refractivity contribution in [2.45, 2.75) is 137 Å². The number of rotatable bonds is 4. The van der Waals surface area contributed by atoms with Crippen LogP contribution >= 0.6 is 12.4 Å². The van der Waals surface area contributed by atoms with E-state index in [9.17, 15) is 28.4 Å². The summed E-state index contributed by atoms with van der Waals surface area (Å²) in [4.78, 5) is 67.4. The minimum Gasteiger partial charge on any atom is -0.444 e. The number of nitrogens with two attached hydrogens (primary N) is 3. The number of hydrogen-bond donors (Lipinski definition) is 3. The van der Waals surface area contributed by atoms with Crippen LogP contribution in [0.4, 0.5) is 14.0 Å². The second-order valence-electron chi connectivity index (χ2n) is 14.4. The van der Waals surface area contributed by atoms with Crippen LogP contribution in [0, 0.1) is 13.8 Å². The van der Waals surface area contributed by atoms with E-state index in [2.05, 4.69) is 26.0 Å². The van der Waals surface area contributed by atoms with E-state index in [0.717, 1.165) is 56.2 Å². The van der Waals surface area contributed by atoms with E-state index in [1.807, 2.05) is 61.5 Å². The number of aldehydes is 1. The molecule has 2 aromatic heterocycles. The first-order valence-corrected chi connectivity index (χ1v) is 17.3. The molecule has 2 unspecified atom stereocenters. The number of ether oxygens (including phenoxy) is 2. The lowest BCUT2D eigenvalue weighted by Crippen LogP contribution is -2.46. The summed E-state index contributed by atoms with van der Waals surface area (Å²) in [5.74, 6) is 5.51. The molecule has 0 saturated carbocycles. The summed E-state index contributed by atoms with van der Waals surface area (Å²) in [7, 11) is -1.00. The molecular formula is C35H62ClFN10O7. The Hall–Kier alpha value is -4.61. The average molecular weight is 790 g/mol. The Morgan fingerprint density at radius 2 is 1.39 bits per heavy atom. The molecule has 0 aliphatic carbocycles. The summed E-state index contributed by atoms with van der Waals surface area (Å²) in [5.41, 5.74) is 10.3. The minimum atomic E-state index is -1.00. The molecule has 4 heterocycles. The SMILES string of the molecule is CC(=O)CC(C)=O.CC(C)(C)OC(=O)N1CCCCC1C=O.Cc1cc(C)n2nc(C3CCCCN3C(=O)OC(C)(C)C)nc2n1.Cl.NN=C(N)N.[2H]CF. The van der Waals surface area contributed by atoms with E-state index in [-0.39, 0.29) is 60.6 Å². The first-order valence-electron chi connectivity index (χ1n) is 18.0. The van der Waals surface area contributed by atoms with Gasteiger partial charge in [0, 0.05) is 24.5 Å². The highest BCUT2D eigenvalue weighted by atomic mass is 35.5. The lowest BCUT2D eigenvalue weighted by Gasteiger charge is -2.35. The zero-order valence-corrected chi connectivity index (χ0v) is 34.2. The third-order valence-electron chi connectivity index (χ3n) is 7.04. The minimum absolute atomic E-state index is 0. The number of piperidine rings is 2. The number of hydrogen-bond acceptors (Lipinski definition) is 12. The maximum absolute atomic E-state index is 12.6. The highest BCUT2D eigenvalue weighted by Gasteiger charge is 2.34. The summed E-state index contributed by atoms with van der Waals surface area (Å²) in [6.45, 7) is 19.1. The molecule has 2 amide bonds. The fourth-order valence-electron chi connectivity index (χ4n) is 5.06. The molecule has 0 bridgehead atoms. The van der Waals surface area contributed by atoms with Crippen molar-refractivity contribution < 1.29 is 39.2 Å². The molecule has 0 aromatic carbocycles. The van der Waals surface area contributed by atoms with Crippen molar-refractivity contribution in [3.8, 4) is 0 Å². The molecule has 54 heavy (non-hydrogen) atoms. The number of nitrogens with zero attached hydrogens (tertiary/aromatic N) is 7. The molecule has 308 valence electrons. The summed E-state index contributed by atoms with van der Waals surface area (Å²) in [6, 6.07) is 1.52. The number of Topliss-reactive ketones (excluding diaryl/α,β-unsaturated/α-hetero) is 2. The van der Waals surface area contributed by atoms with Gasteiger partial charge in [-0.1, -0.05) is 0 Å². The predicted octanol–water partition coefficient (Wildman–Crippen LogP) is 4.87. The van der Waals surface area contributed by atoms with Crippen LogP contribution in [0.25, 0.3) is 5.78 Å². The Morgan fingerprint density at radius 3 is 1.81 bits per heavy atom. The molecule has 2 aliphatic rings. The number of amides is 2. The van der Waals surface area contributed by atoms with Crippen molar-refractivity contribution in [1.29, 1.82) is 0 Å². The van der Waals surface area contributed by atoms with Gasteiger partial charge in [-0.25, -0.2) is 19.1 Å². The van der Waals surface area contributed by atoms with Crippen LogP contribution in [-0.2, 0) is 23.9 Å². The molecule has 2 aliphatic heterocycles. The Morgan fingerprint density at radius 1 is 0.926 bits per heavy atom. The largest absolute Gasteiger partial charge is 0.444 e. The van der Waals surface area contributed by atoms with Crippen molar-refractivity contribution >= 4 is 54.2 Å². The van der Waals surface area contributed by atoms with Gasteiger partial charge >= 0.3 is 12.2 Å². The molecule has 0 spiro atoms. The number of alkyl halides is 1. The molecule has 2 atom stereocenters. The fraction of sp³-hybridized carbons (Fsp3) is 0.686. The summed E-state index contributed by atoms with van der Waals surface area (Å²) >= 11 is 0. The van der Waals surface area contributed by atoms with Crippen LogP contribution in [0.5, 0.6) is 0 Å². The van der Waals surface area contributed by atoms with Crippen molar-refractivity contribution in [2.75, 3.05) is 20.2 Å². The van der Waals surface area contributed by atoms with E-state index >= 15 is 0 Å². The number of guanidine groups is 1. The topological polar surface area (TPSA) is 244 Å². The Balaban J connectivity index is 0. The molecule has 2 saturated heterocycles. The maximum Gasteiger partial charge on any atom is 0.410 e. The van der Waals surface area contributed by atoms with Gasteiger partial charge in [0.15, 0.2) is 5.82 Å². The second-order valence-corrected chi connectivity index (χ2v) is 14.4. The monoisotopic (exact) mass is 789 g/mol. The van der Waals surface area contributed by atoms with Crippen LogP contribution in [0.3, 0.4) is 0 Å². The van der Waals surface area contributed by atoms with Gasteiger partial charge < -0.3 is 31.6 Å². The van der Waals surface area contributed by atoms with Gasteiger partial charge in [-0.3, -0.25) is 23.8 Å². The lowest BCUT2D eigenvalue weighted by atomic mass is 10.0. The first-order chi connectivity index (χ1) is 25.0. The number of fused-ring (bicyclic) bond motifs is 1. The molecule has 2 aromatic rings. The van der Waals surface area contributed by atoms with Gasteiger partial charge in [-0.15, -0.1) is 22.6 Å². The number of hydrazone groups is 1. The van der Waals surface area contributed by atoms with Crippen LogP contribution < -0.4 is 17.3 Å². The second kappa shape index (κ2) is 24.7. The Labute approximate surface area is 325 Å². The third-order valence-corrected chi connectivity index (χ3v) is 7.04. The zero-order chi connectivity index (χ0) is 41.8. The lowest BCUT2D eigenvalue weighted by molar-refractivity contribution is -0.124. The smallest absolute Gasteiger partial charge is 0.410 e. The normalized spacial score (nSPS) is 16.6. The number of carbonyl (C=O) groups is 5. The number of ketones is 2. The van der Waals surface area contributed by atoms with E-state index in [4.69, 9.17) is 22.3 Å². The maximum atomic E-state index is 12.6. The van der Waals surface area contributed by atoms with E-state index < -0.39 is 18.4 Å². The standard InChI is InChI=1S/C17H25N5O2.C11H19NO3.C5H8O2.CH3F.CH6N4.ClH/c1-11-10-12(2)22-15(18-11)19-14(20-22)13-8-6-7-9-21(13)16(23)24-17(3,4)5;1-11(2,3)15-10(14)12-7-5-4-6-9(12)8-13;1-4(6)3-5(2)7;1-2;2-1(3)5-4;/h10,13H,6-9H2,1-5H3;8-9H,4-7H2,1-3H3;3H2,1-2H3;1H3;4H2,(H4,2,3,5);1H/i;;;1D;;. The quantitative estimate of drug-likeness (QED) is 0.0936. The summed E-state index contributed by atoms with van der Waals surface area (Å²) < 4.78 is 28.0. The summed E-state index contributed by atoms with van der Waals surface area (Å²) in [5, 5.41) is 7.46. The van der Waals surface area contributed by atoms with Crippen molar-refractivity contribution in [3.05, 3.63) is 23.3 Å². The van der Waals surface area contributed by atoms with Gasteiger partial charge in [0.1, 0.15) is 29.1 Å². The van der Waals surface area contributed by atoms with Crippen LogP contribution in [-0.4, -0.2) is 103 Å². The number of aromatic nitrogens is 4. The molecule has 0 radical (unpaired) electrons. The molecule has 6 N–H and O–H groups in total. The molecule has 17 nitrogen and oxygen atoms in total. The number of halogens is 2.